The van der Waals surface area contributed by atoms with Crippen molar-refractivity contribution in [2.24, 2.45) is 0 Å². The number of allylic oxidation sites excluding steroid dienone is 1. The first-order valence-electron chi connectivity index (χ1n) is 6.00. The Labute approximate surface area is 102 Å². The van der Waals surface area contributed by atoms with E-state index in [1.807, 2.05) is 18.5 Å². The van der Waals surface area contributed by atoms with E-state index in [4.69, 9.17) is 0 Å². The van der Waals surface area contributed by atoms with Crippen LogP contribution < -0.4 is 0 Å². The molecule has 2 aromatic rings. The first-order chi connectivity index (χ1) is 8.33. The third-order valence-electron chi connectivity index (χ3n) is 3.36. The normalized spacial score (nSPS) is 17.8. The fourth-order valence-electron chi connectivity index (χ4n) is 2.40. The number of hydrogen-bond acceptors (Lipinski definition) is 1. The summed E-state index contributed by atoms with van der Waals surface area (Å²) in [5, 5.41) is 0. The van der Waals surface area contributed by atoms with Crippen LogP contribution in [0.3, 0.4) is 0 Å². The van der Waals surface area contributed by atoms with E-state index < -0.39 is 0 Å². The van der Waals surface area contributed by atoms with E-state index in [1.54, 1.807) is 0 Å². The molecule has 0 radical (unpaired) electrons. The monoisotopic (exact) mass is 221 g/mol. The lowest BCUT2D eigenvalue weighted by Crippen LogP contribution is -2.06. The maximum Gasteiger partial charge on any atom is 0.0305 e. The van der Waals surface area contributed by atoms with Crippen LogP contribution in [0.25, 0.3) is 6.08 Å². The molecule has 1 atom stereocenters. The predicted molar refractivity (Wildman–Crippen MR) is 70.9 cm³/mol. The van der Waals surface area contributed by atoms with Crippen molar-refractivity contribution in [1.29, 1.82) is 0 Å². The van der Waals surface area contributed by atoms with E-state index in [0.717, 1.165) is 6.42 Å². The molecule has 1 aliphatic rings. The lowest BCUT2D eigenvalue weighted by Gasteiger charge is -2.19. The summed E-state index contributed by atoms with van der Waals surface area (Å²) >= 11 is 0. The van der Waals surface area contributed by atoms with Gasteiger partial charge in [-0.15, -0.1) is 0 Å². The average molecular weight is 221 g/mol. The third-order valence-corrected chi connectivity index (χ3v) is 3.36. The Morgan fingerprint density at radius 2 is 2.18 bits per heavy atom. The molecular weight excluding hydrogens is 206 g/mol. The van der Waals surface area contributed by atoms with Crippen molar-refractivity contribution in [1.82, 2.24) is 4.98 Å². The summed E-state index contributed by atoms with van der Waals surface area (Å²) in [7, 11) is 0. The van der Waals surface area contributed by atoms with Gasteiger partial charge in [0.05, 0.1) is 0 Å². The number of fused-ring (bicyclic) bond motifs is 1. The molecule has 0 N–H and O–H groups in total. The SMILES string of the molecule is Cc1ccc2c(c1)C=CC(c1cccnc1)C2. The van der Waals surface area contributed by atoms with Crippen LogP contribution in [-0.2, 0) is 6.42 Å². The summed E-state index contributed by atoms with van der Waals surface area (Å²) in [6.45, 7) is 2.14. The van der Waals surface area contributed by atoms with Crippen molar-refractivity contribution in [2.45, 2.75) is 19.3 Å². The molecule has 0 bridgehead atoms. The lowest BCUT2D eigenvalue weighted by atomic mass is 9.85. The van der Waals surface area contributed by atoms with Crippen LogP contribution in [0.2, 0.25) is 0 Å². The summed E-state index contributed by atoms with van der Waals surface area (Å²) in [6, 6.07) is 10.9. The predicted octanol–water partition coefficient (Wildman–Crippen LogP) is 3.74. The van der Waals surface area contributed by atoms with E-state index in [9.17, 15) is 0 Å². The number of pyridine rings is 1. The van der Waals surface area contributed by atoms with Gasteiger partial charge in [-0.1, -0.05) is 42.0 Å². The molecule has 0 aliphatic heterocycles. The van der Waals surface area contributed by atoms with E-state index in [-0.39, 0.29) is 0 Å². The molecule has 1 heteroatoms. The van der Waals surface area contributed by atoms with Gasteiger partial charge < -0.3 is 0 Å². The Balaban J connectivity index is 1.94. The maximum absolute atomic E-state index is 4.20. The van der Waals surface area contributed by atoms with Crippen LogP contribution in [0.5, 0.6) is 0 Å². The second-order valence-electron chi connectivity index (χ2n) is 4.66. The molecular formula is C16H15N. The van der Waals surface area contributed by atoms with Crippen LogP contribution in [0.4, 0.5) is 0 Å². The molecule has 0 saturated heterocycles. The van der Waals surface area contributed by atoms with Crippen LogP contribution in [0.15, 0.2) is 48.8 Å². The van der Waals surface area contributed by atoms with Gasteiger partial charge in [0, 0.05) is 18.3 Å². The molecule has 1 nitrogen and oxygen atoms in total. The van der Waals surface area contributed by atoms with Gasteiger partial charge in [-0.2, -0.15) is 0 Å². The number of hydrogen-bond donors (Lipinski definition) is 0. The molecule has 0 saturated carbocycles. The Hall–Kier alpha value is -1.89. The van der Waals surface area contributed by atoms with Crippen LogP contribution in [0, 0.1) is 6.92 Å². The molecule has 0 fully saturated rings. The molecule has 17 heavy (non-hydrogen) atoms. The molecule has 3 rings (SSSR count). The standard InChI is InChI=1S/C16H15N/c1-12-4-5-14-10-15(7-6-13(14)9-12)16-3-2-8-17-11-16/h2-9,11,15H,10H2,1H3. The highest BCUT2D eigenvalue weighted by Gasteiger charge is 2.15. The highest BCUT2D eigenvalue weighted by Crippen LogP contribution is 2.29. The molecule has 1 heterocycles. The Kier molecular flexibility index (Phi) is 2.52. The smallest absolute Gasteiger partial charge is 0.0305 e. The second-order valence-corrected chi connectivity index (χ2v) is 4.66. The number of aryl methyl sites for hydroxylation is 1. The summed E-state index contributed by atoms with van der Waals surface area (Å²) in [5.74, 6) is 0.471. The van der Waals surface area contributed by atoms with Gasteiger partial charge in [-0.3, -0.25) is 4.98 Å². The molecule has 1 aromatic carbocycles. The van der Waals surface area contributed by atoms with E-state index in [0.29, 0.717) is 5.92 Å². The highest BCUT2D eigenvalue weighted by molar-refractivity contribution is 5.59. The van der Waals surface area contributed by atoms with Gasteiger partial charge in [0.15, 0.2) is 0 Å². The van der Waals surface area contributed by atoms with E-state index >= 15 is 0 Å². The second kappa shape index (κ2) is 4.17. The zero-order valence-electron chi connectivity index (χ0n) is 9.93. The molecule has 84 valence electrons. The van der Waals surface area contributed by atoms with Gasteiger partial charge in [-0.05, 0) is 36.1 Å². The van der Waals surface area contributed by atoms with Gasteiger partial charge in [-0.25, -0.2) is 0 Å². The van der Waals surface area contributed by atoms with E-state index in [1.165, 1.54) is 22.3 Å². The zero-order valence-corrected chi connectivity index (χ0v) is 9.93. The third kappa shape index (κ3) is 2.01. The number of nitrogens with zero attached hydrogens (tertiary/aromatic N) is 1. The Bertz CT molecular complexity index is 555. The van der Waals surface area contributed by atoms with Crippen molar-refractivity contribution >= 4 is 6.08 Å². The van der Waals surface area contributed by atoms with Gasteiger partial charge in [0.2, 0.25) is 0 Å². The Morgan fingerprint density at radius 3 is 3.00 bits per heavy atom. The van der Waals surface area contributed by atoms with Crippen molar-refractivity contribution < 1.29 is 0 Å². The zero-order chi connectivity index (χ0) is 11.7. The molecule has 1 unspecified atom stereocenters. The van der Waals surface area contributed by atoms with Crippen molar-refractivity contribution in [3.8, 4) is 0 Å². The molecule has 1 aliphatic carbocycles. The quantitative estimate of drug-likeness (QED) is 0.714. The first kappa shape index (κ1) is 10.3. The maximum atomic E-state index is 4.20. The minimum atomic E-state index is 0.471. The number of aromatic nitrogens is 1. The minimum absolute atomic E-state index is 0.471. The average Bonchev–Trinajstić information content (AvgIpc) is 2.39. The molecule has 1 aromatic heterocycles. The van der Waals surface area contributed by atoms with Crippen LogP contribution in [0.1, 0.15) is 28.2 Å². The number of rotatable bonds is 1. The van der Waals surface area contributed by atoms with Crippen LogP contribution >= 0.6 is 0 Å². The highest BCUT2D eigenvalue weighted by atomic mass is 14.6. The summed E-state index contributed by atoms with van der Waals surface area (Å²) < 4.78 is 0. The topological polar surface area (TPSA) is 12.9 Å². The van der Waals surface area contributed by atoms with Crippen molar-refractivity contribution in [2.75, 3.05) is 0 Å². The molecule has 0 amide bonds. The largest absolute Gasteiger partial charge is 0.264 e. The fourth-order valence-corrected chi connectivity index (χ4v) is 2.40. The van der Waals surface area contributed by atoms with Gasteiger partial charge in [0.25, 0.3) is 0 Å². The van der Waals surface area contributed by atoms with Gasteiger partial charge in [0.1, 0.15) is 0 Å². The first-order valence-corrected chi connectivity index (χ1v) is 6.00. The minimum Gasteiger partial charge on any atom is -0.264 e. The lowest BCUT2D eigenvalue weighted by molar-refractivity contribution is 0.820. The fraction of sp³-hybridized carbons (Fsp3) is 0.188. The van der Waals surface area contributed by atoms with E-state index in [2.05, 4.69) is 48.3 Å². The number of benzene rings is 1. The summed E-state index contributed by atoms with van der Waals surface area (Å²) in [5.41, 5.74) is 5.43. The Morgan fingerprint density at radius 1 is 1.24 bits per heavy atom. The van der Waals surface area contributed by atoms with Crippen molar-refractivity contribution in [3.05, 3.63) is 71.1 Å². The van der Waals surface area contributed by atoms with Gasteiger partial charge >= 0.3 is 0 Å². The molecule has 0 spiro atoms. The van der Waals surface area contributed by atoms with Crippen molar-refractivity contribution in [3.63, 3.8) is 0 Å². The summed E-state index contributed by atoms with van der Waals surface area (Å²) in [6.07, 6.45) is 9.40. The summed E-state index contributed by atoms with van der Waals surface area (Å²) in [4.78, 5) is 4.20. The van der Waals surface area contributed by atoms with Crippen LogP contribution in [-0.4, -0.2) is 4.98 Å².